The van der Waals surface area contributed by atoms with Gasteiger partial charge in [-0.2, -0.15) is 0 Å². The maximum Gasteiger partial charge on any atom is 0.410 e. The molecule has 5 nitrogen and oxygen atoms in total. The van der Waals surface area contributed by atoms with E-state index in [4.69, 9.17) is 16.3 Å². The van der Waals surface area contributed by atoms with E-state index in [2.05, 4.69) is 9.97 Å². The van der Waals surface area contributed by atoms with Gasteiger partial charge in [-0.15, -0.1) is 0 Å². The SMILES string of the molecule is CC(C)(C)OC(=O)N1CCC[C@@H](Cc2nccnc2Cl)CC1. The molecule has 0 unspecified atom stereocenters. The summed E-state index contributed by atoms with van der Waals surface area (Å²) >= 11 is 6.08. The van der Waals surface area contributed by atoms with Gasteiger partial charge in [0.2, 0.25) is 0 Å². The molecule has 1 aromatic heterocycles. The minimum Gasteiger partial charge on any atom is -0.444 e. The summed E-state index contributed by atoms with van der Waals surface area (Å²) in [6.07, 6.45) is 6.84. The van der Waals surface area contributed by atoms with Crippen molar-refractivity contribution in [3.05, 3.63) is 23.2 Å². The fraction of sp³-hybridized carbons (Fsp3) is 0.688. The second kappa shape index (κ2) is 7.27. The monoisotopic (exact) mass is 325 g/mol. The average Bonchev–Trinajstić information content (AvgIpc) is 2.65. The van der Waals surface area contributed by atoms with Crippen LogP contribution >= 0.6 is 11.6 Å². The van der Waals surface area contributed by atoms with Crippen LogP contribution in [0.15, 0.2) is 12.4 Å². The van der Waals surface area contributed by atoms with E-state index in [1.165, 1.54) is 0 Å². The number of likely N-dealkylation sites (tertiary alicyclic amines) is 1. The van der Waals surface area contributed by atoms with Crippen molar-refractivity contribution in [1.29, 1.82) is 0 Å². The van der Waals surface area contributed by atoms with Gasteiger partial charge in [-0.05, 0) is 52.4 Å². The molecule has 1 aliphatic rings. The Hall–Kier alpha value is -1.36. The second-order valence-electron chi connectivity index (χ2n) is 6.76. The van der Waals surface area contributed by atoms with Gasteiger partial charge in [0, 0.05) is 25.5 Å². The summed E-state index contributed by atoms with van der Waals surface area (Å²) in [7, 11) is 0. The fourth-order valence-electron chi connectivity index (χ4n) is 2.64. The predicted molar refractivity (Wildman–Crippen MR) is 85.9 cm³/mol. The number of rotatable bonds is 2. The Morgan fingerprint density at radius 2 is 2.05 bits per heavy atom. The average molecular weight is 326 g/mol. The van der Waals surface area contributed by atoms with Crippen molar-refractivity contribution < 1.29 is 9.53 Å². The van der Waals surface area contributed by atoms with Gasteiger partial charge in [0.15, 0.2) is 0 Å². The number of hydrogen-bond donors (Lipinski definition) is 0. The quantitative estimate of drug-likeness (QED) is 0.831. The molecule has 1 aliphatic heterocycles. The minimum atomic E-state index is -0.448. The number of carbonyl (C=O) groups excluding carboxylic acids is 1. The van der Waals surface area contributed by atoms with Gasteiger partial charge in [0.05, 0.1) is 5.69 Å². The summed E-state index contributed by atoms with van der Waals surface area (Å²) < 4.78 is 5.45. The Balaban J connectivity index is 1.90. The molecule has 0 saturated carbocycles. The highest BCUT2D eigenvalue weighted by atomic mass is 35.5. The first kappa shape index (κ1) is 17.0. The summed E-state index contributed by atoms with van der Waals surface area (Å²) in [5.74, 6) is 0.474. The molecule has 1 amide bonds. The molecule has 122 valence electrons. The Morgan fingerprint density at radius 3 is 2.73 bits per heavy atom. The highest BCUT2D eigenvalue weighted by Crippen LogP contribution is 2.24. The van der Waals surface area contributed by atoms with Gasteiger partial charge in [0.1, 0.15) is 10.8 Å². The third-order valence-corrected chi connectivity index (χ3v) is 4.02. The lowest BCUT2D eigenvalue weighted by Crippen LogP contribution is -2.37. The van der Waals surface area contributed by atoms with E-state index >= 15 is 0 Å². The van der Waals surface area contributed by atoms with E-state index in [9.17, 15) is 4.79 Å². The summed E-state index contributed by atoms with van der Waals surface area (Å²) in [5.41, 5.74) is 0.399. The van der Waals surface area contributed by atoms with Gasteiger partial charge in [0.25, 0.3) is 0 Å². The molecule has 2 heterocycles. The molecule has 0 aliphatic carbocycles. The highest BCUT2D eigenvalue weighted by Gasteiger charge is 2.25. The summed E-state index contributed by atoms with van der Waals surface area (Å²) in [6.45, 7) is 7.14. The number of aromatic nitrogens is 2. The predicted octanol–water partition coefficient (Wildman–Crippen LogP) is 3.71. The highest BCUT2D eigenvalue weighted by molar-refractivity contribution is 6.29. The first-order chi connectivity index (χ1) is 10.3. The maximum atomic E-state index is 12.1. The van der Waals surface area contributed by atoms with Crippen LogP contribution in [0.5, 0.6) is 0 Å². The topological polar surface area (TPSA) is 55.3 Å². The maximum absolute atomic E-state index is 12.1. The van der Waals surface area contributed by atoms with E-state index < -0.39 is 5.60 Å². The Bertz CT molecular complexity index is 516. The van der Waals surface area contributed by atoms with Crippen molar-refractivity contribution in [2.24, 2.45) is 5.92 Å². The molecule has 1 fully saturated rings. The molecule has 6 heteroatoms. The Morgan fingerprint density at radius 1 is 1.32 bits per heavy atom. The van der Waals surface area contributed by atoms with Crippen molar-refractivity contribution in [2.75, 3.05) is 13.1 Å². The van der Waals surface area contributed by atoms with Crippen molar-refractivity contribution in [2.45, 2.75) is 52.1 Å². The first-order valence-corrected chi connectivity index (χ1v) is 8.16. The molecule has 2 rings (SSSR count). The molecule has 0 N–H and O–H groups in total. The molecular formula is C16H24ClN3O2. The minimum absolute atomic E-state index is 0.217. The molecule has 1 saturated heterocycles. The van der Waals surface area contributed by atoms with Gasteiger partial charge in [-0.3, -0.25) is 4.98 Å². The molecule has 22 heavy (non-hydrogen) atoms. The molecule has 0 aromatic carbocycles. The van der Waals surface area contributed by atoms with E-state index in [-0.39, 0.29) is 6.09 Å². The van der Waals surface area contributed by atoms with E-state index in [1.807, 2.05) is 25.7 Å². The lowest BCUT2D eigenvalue weighted by Gasteiger charge is -2.26. The van der Waals surface area contributed by atoms with Crippen molar-refractivity contribution in [3.63, 3.8) is 0 Å². The molecule has 0 radical (unpaired) electrons. The Labute approximate surface area is 137 Å². The fourth-order valence-corrected chi connectivity index (χ4v) is 2.82. The summed E-state index contributed by atoms with van der Waals surface area (Å²) in [6, 6.07) is 0. The molecule has 0 bridgehead atoms. The zero-order valence-electron chi connectivity index (χ0n) is 13.5. The van der Waals surface area contributed by atoms with Gasteiger partial charge in [-0.25, -0.2) is 9.78 Å². The number of nitrogens with zero attached hydrogens (tertiary/aromatic N) is 3. The van der Waals surface area contributed by atoms with Crippen LogP contribution in [0, 0.1) is 5.92 Å². The van der Waals surface area contributed by atoms with Crippen LogP contribution in [0.2, 0.25) is 5.15 Å². The zero-order chi connectivity index (χ0) is 16.2. The van der Waals surface area contributed by atoms with Crippen LogP contribution in [-0.4, -0.2) is 39.7 Å². The Kier molecular flexibility index (Phi) is 5.62. The summed E-state index contributed by atoms with van der Waals surface area (Å²) in [4.78, 5) is 22.3. The van der Waals surface area contributed by atoms with E-state index in [0.717, 1.165) is 44.5 Å². The largest absolute Gasteiger partial charge is 0.444 e. The van der Waals surface area contributed by atoms with Crippen LogP contribution < -0.4 is 0 Å². The van der Waals surface area contributed by atoms with Crippen LogP contribution in [0.3, 0.4) is 0 Å². The van der Waals surface area contributed by atoms with Gasteiger partial charge >= 0.3 is 6.09 Å². The number of carbonyl (C=O) groups is 1. The molecule has 1 atom stereocenters. The molecule has 1 aromatic rings. The third-order valence-electron chi connectivity index (χ3n) is 3.70. The van der Waals surface area contributed by atoms with Crippen molar-refractivity contribution in [1.82, 2.24) is 14.9 Å². The van der Waals surface area contributed by atoms with Crippen LogP contribution in [0.4, 0.5) is 4.79 Å². The van der Waals surface area contributed by atoms with Crippen LogP contribution in [0.1, 0.15) is 45.7 Å². The number of hydrogen-bond acceptors (Lipinski definition) is 4. The standard InChI is InChI=1S/C16H24ClN3O2/c1-16(2,3)22-15(21)20-9-4-5-12(6-10-20)11-13-14(17)19-8-7-18-13/h7-8,12H,4-6,9-11H2,1-3H3/t12-/m1/s1. The number of halogens is 1. The third kappa shape index (κ3) is 5.13. The van der Waals surface area contributed by atoms with Crippen molar-refractivity contribution >= 4 is 17.7 Å². The molecule has 0 spiro atoms. The zero-order valence-corrected chi connectivity index (χ0v) is 14.3. The van der Waals surface area contributed by atoms with Gasteiger partial charge in [-0.1, -0.05) is 11.6 Å². The smallest absolute Gasteiger partial charge is 0.410 e. The number of ether oxygens (including phenoxy) is 1. The van der Waals surface area contributed by atoms with Crippen LogP contribution in [-0.2, 0) is 11.2 Å². The van der Waals surface area contributed by atoms with E-state index in [0.29, 0.717) is 11.1 Å². The first-order valence-electron chi connectivity index (χ1n) is 7.78. The molecular weight excluding hydrogens is 302 g/mol. The van der Waals surface area contributed by atoms with Crippen LogP contribution in [0.25, 0.3) is 0 Å². The lowest BCUT2D eigenvalue weighted by molar-refractivity contribution is 0.0255. The lowest BCUT2D eigenvalue weighted by atomic mass is 9.95. The normalized spacial score (nSPS) is 19.6. The van der Waals surface area contributed by atoms with E-state index in [1.54, 1.807) is 12.4 Å². The van der Waals surface area contributed by atoms with Crippen molar-refractivity contribution in [3.8, 4) is 0 Å². The van der Waals surface area contributed by atoms with Gasteiger partial charge < -0.3 is 9.64 Å². The number of amides is 1. The second-order valence-corrected chi connectivity index (χ2v) is 7.12. The summed E-state index contributed by atoms with van der Waals surface area (Å²) in [5, 5.41) is 0.482.